The number of carbonyl (C=O) groups excluding carboxylic acids is 1. The summed E-state index contributed by atoms with van der Waals surface area (Å²) in [7, 11) is 5.13. The molecular formula is C64H84N4O12S2. The molecule has 12 atom stereocenters. The lowest BCUT2D eigenvalue weighted by Crippen LogP contribution is -2.58. The normalized spacial score (nSPS) is 31.8. The van der Waals surface area contributed by atoms with E-state index in [9.17, 15) is 40.5 Å². The minimum absolute atomic E-state index is 0.00615. The van der Waals surface area contributed by atoms with Crippen LogP contribution < -0.4 is 30.6 Å². The lowest BCUT2D eigenvalue weighted by molar-refractivity contribution is -0.121. The fraction of sp³-hybridized carbons (Fsp3) is 0.625. The molecule has 82 heavy (non-hydrogen) atoms. The number of methoxy groups -OCH3 is 1. The first-order valence-corrected chi connectivity index (χ1v) is 32.2. The SMILES string of the molecule is COC(CO)CCC1CCC2(CCC3(CCC(O)c4cc(O)ccc4C3)C2)CC12CC#CC1NC(N)=NC(C(C)C)CSSCC1C1Cc3c4cc(c(c3OC1O)OCN2)CC#Cc1c(ccc(O)c1OCO)CCC(=O)CC(O)CC4. The van der Waals surface area contributed by atoms with Gasteiger partial charge in [0.05, 0.1) is 42.6 Å². The molecule has 2 saturated carbocycles. The molecule has 18 heteroatoms. The van der Waals surface area contributed by atoms with Crippen LogP contribution in [0.5, 0.6) is 28.7 Å². The van der Waals surface area contributed by atoms with E-state index < -0.39 is 42.8 Å². The first kappa shape index (κ1) is 60.3. The molecule has 11 rings (SSSR count). The van der Waals surface area contributed by atoms with Gasteiger partial charge in [0.2, 0.25) is 6.29 Å². The first-order chi connectivity index (χ1) is 39.5. The number of fused-ring (bicyclic) bond motifs is 8. The number of aliphatic hydroxyl groups excluding tert-OH is 5. The molecule has 6 bridgehead atoms. The van der Waals surface area contributed by atoms with Crippen LogP contribution in [-0.4, -0.2) is 122 Å². The highest BCUT2D eigenvalue weighted by Gasteiger charge is 2.56. The molecule has 8 aliphatic rings. The number of nitrogens with two attached hydrogens (primary N) is 1. The number of aliphatic imine (C=N–C) groups is 1. The van der Waals surface area contributed by atoms with Gasteiger partial charge in [-0.3, -0.25) is 10.1 Å². The summed E-state index contributed by atoms with van der Waals surface area (Å²) < 4.78 is 25.3. The Morgan fingerprint density at radius 3 is 2.49 bits per heavy atom. The number of ketones is 1. The fourth-order valence-corrected chi connectivity index (χ4v) is 17.8. The highest BCUT2D eigenvalue weighted by atomic mass is 33.1. The number of Topliss-reactive ketones (excluding diaryl/α,β-unsaturated/α-hetero) is 1. The molecule has 0 aromatic heterocycles. The van der Waals surface area contributed by atoms with Crippen molar-refractivity contribution in [3.05, 3.63) is 75.3 Å². The van der Waals surface area contributed by atoms with Crippen LogP contribution in [0.25, 0.3) is 0 Å². The van der Waals surface area contributed by atoms with Crippen molar-refractivity contribution in [3.8, 4) is 52.4 Å². The van der Waals surface area contributed by atoms with Gasteiger partial charge in [0.25, 0.3) is 0 Å². The standard InChI is InChI=1S/C64H84N4O12S2/c1-38(2)54-33-82-81-32-52-51-29-50-40-10-15-45(72)27-44(71)14-9-39-12-18-56(75)58(79-37-70)48(39)7-4-6-41(26-40)57(59(50)80-60(51)76)78-36-66-64(21-5-8-53(52)67-61(65)68-54)35-63(22-19-43(64)13-17-47(31-69)77-3)25-24-62(34-63)23-20-55(74)49-28-46(73)16-11-42(49)30-62/h11-12,16,18,26,28,38,43,45,47,51-55,60,66,69-70,72-76H,6,9-10,13-15,17,19-25,27,29-37H2,1-3H3,(H3,65,67,68). The third kappa shape index (κ3) is 13.3. The Kier molecular flexibility index (Phi) is 19.2. The van der Waals surface area contributed by atoms with E-state index in [0.717, 1.165) is 85.8 Å². The number of aryl methyl sites for hydroxylation is 2. The third-order valence-corrected chi connectivity index (χ3v) is 21.9. The molecule has 11 N–H and O–H groups in total. The number of ether oxygens (including phenoxy) is 4. The van der Waals surface area contributed by atoms with E-state index in [-0.39, 0.29) is 109 Å². The van der Waals surface area contributed by atoms with Crippen molar-refractivity contribution in [2.75, 3.05) is 38.7 Å². The summed E-state index contributed by atoms with van der Waals surface area (Å²) in [6.45, 7) is 3.52. The molecule has 16 nitrogen and oxygen atoms in total. The van der Waals surface area contributed by atoms with Crippen LogP contribution in [0.2, 0.25) is 0 Å². The quantitative estimate of drug-likeness (QED) is 0.0604. The molecule has 0 amide bonds. The van der Waals surface area contributed by atoms with E-state index in [1.165, 1.54) is 6.07 Å². The maximum absolute atomic E-state index is 13.5. The van der Waals surface area contributed by atoms with Gasteiger partial charge in [-0.25, -0.2) is 4.99 Å². The molecule has 4 heterocycles. The van der Waals surface area contributed by atoms with Crippen LogP contribution >= 0.6 is 21.6 Å². The van der Waals surface area contributed by atoms with Gasteiger partial charge in [-0.2, -0.15) is 0 Å². The average molecular weight is 1170 g/mol. The second-order valence-corrected chi connectivity index (χ2v) is 27.5. The zero-order valence-corrected chi connectivity index (χ0v) is 49.4. The van der Waals surface area contributed by atoms with Gasteiger partial charge in [-0.15, -0.1) is 0 Å². The zero-order valence-electron chi connectivity index (χ0n) is 47.7. The molecule has 0 radical (unpaired) electrons. The summed E-state index contributed by atoms with van der Waals surface area (Å²) in [6.07, 6.45) is 8.18. The van der Waals surface area contributed by atoms with Gasteiger partial charge in [0.15, 0.2) is 35.8 Å². The molecule has 12 unspecified atom stereocenters. The number of aromatic hydroxyl groups is 2. The van der Waals surface area contributed by atoms with E-state index >= 15 is 0 Å². The molecule has 4 aliphatic heterocycles. The number of nitrogens with zero attached hydrogens (tertiary/aromatic N) is 1. The maximum atomic E-state index is 13.5. The van der Waals surface area contributed by atoms with Crippen LogP contribution in [-0.2, 0) is 41.6 Å². The Balaban J connectivity index is 1.11. The smallest absolute Gasteiger partial charge is 0.201 e. The summed E-state index contributed by atoms with van der Waals surface area (Å²) in [4.78, 5) is 18.5. The number of hydrogen-bond donors (Lipinski definition) is 10. The van der Waals surface area contributed by atoms with Gasteiger partial charge in [-0.05, 0) is 159 Å². The van der Waals surface area contributed by atoms with E-state index in [1.54, 1.807) is 46.9 Å². The van der Waals surface area contributed by atoms with Crippen molar-refractivity contribution in [2.45, 2.75) is 178 Å². The van der Waals surface area contributed by atoms with Gasteiger partial charge < -0.3 is 65.7 Å². The lowest BCUT2D eigenvalue weighted by atomic mass is 9.57. The second-order valence-electron chi connectivity index (χ2n) is 25.0. The second kappa shape index (κ2) is 26.2. The summed E-state index contributed by atoms with van der Waals surface area (Å²) in [6, 6.07) is 10.1. The highest BCUT2D eigenvalue weighted by molar-refractivity contribution is 8.76. The van der Waals surface area contributed by atoms with Crippen molar-refractivity contribution in [3.63, 3.8) is 0 Å². The van der Waals surface area contributed by atoms with Crippen LogP contribution in [0, 0.1) is 58.2 Å². The summed E-state index contributed by atoms with van der Waals surface area (Å²) in [5.74, 6) is 15.9. The van der Waals surface area contributed by atoms with Crippen LogP contribution in [0.1, 0.15) is 149 Å². The Labute approximate surface area is 490 Å². The Bertz CT molecular complexity index is 2950. The number of carbonyl (C=O) groups is 1. The fourth-order valence-electron chi connectivity index (χ4n) is 14.9. The van der Waals surface area contributed by atoms with Crippen molar-refractivity contribution < 1.29 is 59.5 Å². The molecule has 3 aromatic carbocycles. The van der Waals surface area contributed by atoms with Crippen molar-refractivity contribution in [1.82, 2.24) is 10.6 Å². The number of rotatable bonds is 8. The first-order valence-electron chi connectivity index (χ1n) is 29.7. The predicted molar refractivity (Wildman–Crippen MR) is 317 cm³/mol. The highest BCUT2D eigenvalue weighted by Crippen LogP contribution is 2.63. The maximum Gasteiger partial charge on any atom is 0.201 e. The Morgan fingerprint density at radius 2 is 1.68 bits per heavy atom. The molecule has 444 valence electrons. The van der Waals surface area contributed by atoms with Gasteiger partial charge in [-0.1, -0.05) is 77.3 Å². The van der Waals surface area contributed by atoms with Crippen LogP contribution in [0.3, 0.4) is 0 Å². The number of benzene rings is 3. The van der Waals surface area contributed by atoms with Gasteiger partial charge in [0, 0.05) is 72.8 Å². The molecule has 3 aromatic rings. The third-order valence-electron chi connectivity index (χ3n) is 19.4. The topological polar surface area (TPSA) is 258 Å². The Morgan fingerprint density at radius 1 is 0.878 bits per heavy atom. The zero-order chi connectivity index (χ0) is 57.8. The number of hydrogen-bond acceptors (Lipinski definition) is 18. The lowest BCUT2D eigenvalue weighted by Gasteiger charge is -2.52. The number of phenols is 2. The number of nitrogens with one attached hydrogen (secondary N) is 2. The van der Waals surface area contributed by atoms with Crippen molar-refractivity contribution >= 4 is 33.3 Å². The molecule has 0 saturated heterocycles. The van der Waals surface area contributed by atoms with Crippen molar-refractivity contribution in [1.29, 1.82) is 0 Å². The van der Waals surface area contributed by atoms with Crippen LogP contribution in [0.4, 0.5) is 0 Å². The van der Waals surface area contributed by atoms with Gasteiger partial charge in [0.1, 0.15) is 18.3 Å². The Hall–Kier alpha value is -4.86. The molecule has 2 fully saturated rings. The van der Waals surface area contributed by atoms with Gasteiger partial charge >= 0.3 is 0 Å². The van der Waals surface area contributed by atoms with E-state index in [4.69, 9.17) is 29.7 Å². The van der Waals surface area contributed by atoms with E-state index in [2.05, 4.69) is 54.2 Å². The van der Waals surface area contributed by atoms with E-state index in [1.807, 2.05) is 6.07 Å². The van der Waals surface area contributed by atoms with Crippen LogP contribution in [0.15, 0.2) is 41.4 Å². The number of guanidine groups is 1. The monoisotopic (exact) mass is 1160 g/mol. The minimum atomic E-state index is -1.29. The minimum Gasteiger partial charge on any atom is -0.508 e. The summed E-state index contributed by atoms with van der Waals surface area (Å²) in [5.41, 5.74) is 11.4. The summed E-state index contributed by atoms with van der Waals surface area (Å²) >= 11 is 0. The number of aliphatic hydroxyl groups is 5. The largest absolute Gasteiger partial charge is 0.508 e. The predicted octanol–water partition coefficient (Wildman–Crippen LogP) is 7.28. The molecule has 3 spiro atoms. The average Bonchev–Trinajstić information content (AvgIpc) is 3.98. The summed E-state index contributed by atoms with van der Waals surface area (Å²) in [5, 5.41) is 84.9. The van der Waals surface area contributed by atoms with E-state index in [0.29, 0.717) is 72.0 Å². The van der Waals surface area contributed by atoms with Crippen molar-refractivity contribution in [2.24, 2.45) is 45.2 Å². The number of phenolic OH excluding ortho intramolecular Hbond substituents is 2. The molecular weight excluding hydrogens is 1080 g/mol. The molecule has 4 aliphatic carbocycles.